The fourth-order valence-electron chi connectivity index (χ4n) is 1.79. The van der Waals surface area contributed by atoms with E-state index in [0.29, 0.717) is 9.48 Å². The summed E-state index contributed by atoms with van der Waals surface area (Å²) in [4.78, 5) is 0.397. The van der Waals surface area contributed by atoms with E-state index in [2.05, 4.69) is 0 Å². The Labute approximate surface area is 102 Å². The van der Waals surface area contributed by atoms with Crippen LogP contribution in [0.5, 0.6) is 0 Å². The Morgan fingerprint density at radius 3 is 2.88 bits per heavy atom. The van der Waals surface area contributed by atoms with Crippen LogP contribution in [-0.2, 0) is 7.05 Å². The molecule has 0 aromatic carbocycles. The quantitative estimate of drug-likeness (QED) is 0.569. The smallest absolute Gasteiger partial charge is 0.269 e. The van der Waals surface area contributed by atoms with Gasteiger partial charge in [-0.15, -0.1) is 0 Å². The molecular formula is C11H8N2OS2. The van der Waals surface area contributed by atoms with E-state index < -0.39 is 0 Å². The Bertz CT molecular complexity index is 810. The molecule has 0 saturated heterocycles. The molecule has 5 heteroatoms. The molecule has 3 rings (SSSR count). The summed E-state index contributed by atoms with van der Waals surface area (Å²) >= 11 is 10.5. The van der Waals surface area contributed by atoms with Crippen molar-refractivity contribution in [1.82, 2.24) is 8.97 Å². The van der Waals surface area contributed by atoms with Gasteiger partial charge in [-0.2, -0.15) is 0 Å². The van der Waals surface area contributed by atoms with E-state index in [1.807, 2.05) is 41.9 Å². The predicted molar refractivity (Wildman–Crippen MR) is 67.8 cm³/mol. The van der Waals surface area contributed by atoms with Gasteiger partial charge in [-0.05, 0) is 24.4 Å². The second kappa shape index (κ2) is 3.26. The van der Waals surface area contributed by atoms with Crippen LogP contribution in [-0.4, -0.2) is 8.97 Å². The maximum Gasteiger partial charge on any atom is 0.269 e. The number of pyridine rings is 1. The summed E-state index contributed by atoms with van der Waals surface area (Å²) in [6.07, 6.45) is 1.96. The fourth-order valence-corrected chi connectivity index (χ4v) is 2.31. The molecule has 3 nitrogen and oxygen atoms in total. The third-order valence-electron chi connectivity index (χ3n) is 2.62. The molecule has 0 fully saturated rings. The molecule has 0 atom stereocenters. The van der Waals surface area contributed by atoms with E-state index in [1.54, 1.807) is 4.57 Å². The van der Waals surface area contributed by atoms with E-state index in [9.17, 15) is 0 Å². The van der Waals surface area contributed by atoms with Crippen molar-refractivity contribution in [1.29, 1.82) is 0 Å². The third kappa shape index (κ3) is 1.19. The van der Waals surface area contributed by atoms with Gasteiger partial charge in [0.1, 0.15) is 10.2 Å². The van der Waals surface area contributed by atoms with E-state index in [1.165, 1.54) is 0 Å². The monoisotopic (exact) mass is 248 g/mol. The first-order valence-electron chi connectivity index (χ1n) is 4.78. The first-order chi connectivity index (χ1) is 7.68. The minimum absolute atomic E-state index is 0.397. The van der Waals surface area contributed by atoms with Crippen molar-refractivity contribution in [2.24, 2.45) is 7.05 Å². The Balaban J connectivity index is 2.73. The predicted octanol–water partition coefficient (Wildman–Crippen LogP) is 3.48. The Morgan fingerprint density at radius 1 is 1.25 bits per heavy atom. The van der Waals surface area contributed by atoms with Crippen LogP contribution in [0.3, 0.4) is 0 Å². The molecule has 0 saturated carbocycles. The molecule has 16 heavy (non-hydrogen) atoms. The standard InChI is InChI=1S/C11H8N2OS2/c1-12-10(15)9-8(14-11(12)16)6-7-4-2-3-5-13(7)9/h2-6H,1H3. The molecule has 0 aliphatic carbocycles. The van der Waals surface area contributed by atoms with Gasteiger partial charge in [0.2, 0.25) is 0 Å². The van der Waals surface area contributed by atoms with Gasteiger partial charge in [0.05, 0.1) is 0 Å². The summed E-state index contributed by atoms with van der Waals surface area (Å²) in [6, 6.07) is 7.89. The van der Waals surface area contributed by atoms with Crippen molar-refractivity contribution in [3.63, 3.8) is 0 Å². The molecule has 0 N–H and O–H groups in total. The average molecular weight is 248 g/mol. The zero-order chi connectivity index (χ0) is 11.3. The normalized spacial score (nSPS) is 11.3. The molecule has 0 amide bonds. The molecule has 80 valence electrons. The third-order valence-corrected chi connectivity index (χ3v) is 3.45. The first-order valence-corrected chi connectivity index (χ1v) is 5.60. The molecule has 0 aliphatic rings. The second-order valence-corrected chi connectivity index (χ2v) is 4.32. The summed E-state index contributed by atoms with van der Waals surface area (Å²) in [6.45, 7) is 0. The molecule has 3 aromatic heterocycles. The largest absolute Gasteiger partial charge is 0.429 e. The highest BCUT2D eigenvalue weighted by molar-refractivity contribution is 7.72. The van der Waals surface area contributed by atoms with Crippen LogP contribution in [0.4, 0.5) is 0 Å². The number of hydrogen-bond donors (Lipinski definition) is 0. The van der Waals surface area contributed by atoms with Crippen molar-refractivity contribution < 1.29 is 4.42 Å². The summed E-state index contributed by atoms with van der Waals surface area (Å²) in [5.74, 6) is 0. The molecule has 3 aromatic rings. The van der Waals surface area contributed by atoms with E-state index in [-0.39, 0.29) is 0 Å². The van der Waals surface area contributed by atoms with E-state index >= 15 is 0 Å². The minimum atomic E-state index is 0.397. The number of fused-ring (bicyclic) bond motifs is 3. The molecule has 0 spiro atoms. The Morgan fingerprint density at radius 2 is 2.06 bits per heavy atom. The van der Waals surface area contributed by atoms with Crippen LogP contribution >= 0.6 is 24.4 Å². The van der Waals surface area contributed by atoms with Gasteiger partial charge >= 0.3 is 0 Å². The van der Waals surface area contributed by atoms with Gasteiger partial charge < -0.3 is 8.82 Å². The first kappa shape index (κ1) is 9.74. The second-order valence-electron chi connectivity index (χ2n) is 3.58. The summed E-state index contributed by atoms with van der Waals surface area (Å²) in [5.41, 5.74) is 2.67. The maximum absolute atomic E-state index is 5.55. The van der Waals surface area contributed by atoms with Crippen molar-refractivity contribution in [2.75, 3.05) is 0 Å². The van der Waals surface area contributed by atoms with E-state index in [4.69, 9.17) is 28.9 Å². The number of hydrogen-bond acceptors (Lipinski definition) is 3. The molecule has 0 unspecified atom stereocenters. The number of aromatic nitrogens is 2. The van der Waals surface area contributed by atoms with Gasteiger partial charge in [0, 0.05) is 24.8 Å². The summed E-state index contributed by atoms with van der Waals surface area (Å²) < 4.78 is 9.95. The lowest BCUT2D eigenvalue weighted by molar-refractivity contribution is 0.519. The Kier molecular flexibility index (Phi) is 1.99. The lowest BCUT2D eigenvalue weighted by atomic mass is 10.4. The zero-order valence-corrected chi connectivity index (χ0v) is 10.1. The lowest BCUT2D eigenvalue weighted by Gasteiger charge is -2.00. The van der Waals surface area contributed by atoms with Crippen molar-refractivity contribution in [3.05, 3.63) is 39.9 Å². The molecule has 0 aliphatic heterocycles. The zero-order valence-electron chi connectivity index (χ0n) is 8.51. The van der Waals surface area contributed by atoms with E-state index in [0.717, 1.165) is 16.6 Å². The van der Waals surface area contributed by atoms with Crippen LogP contribution in [0.1, 0.15) is 0 Å². The number of rotatable bonds is 0. The van der Waals surface area contributed by atoms with Crippen LogP contribution in [0, 0.1) is 9.48 Å². The number of nitrogens with zero attached hydrogens (tertiary/aromatic N) is 2. The fraction of sp³-hybridized carbons (Fsp3) is 0.0909. The molecular weight excluding hydrogens is 240 g/mol. The molecule has 0 radical (unpaired) electrons. The lowest BCUT2D eigenvalue weighted by Crippen LogP contribution is -1.95. The van der Waals surface area contributed by atoms with Gasteiger partial charge in [-0.1, -0.05) is 18.3 Å². The van der Waals surface area contributed by atoms with Crippen molar-refractivity contribution in [2.45, 2.75) is 0 Å². The topological polar surface area (TPSA) is 22.5 Å². The molecule has 0 bridgehead atoms. The van der Waals surface area contributed by atoms with Crippen LogP contribution < -0.4 is 0 Å². The van der Waals surface area contributed by atoms with Gasteiger partial charge in [-0.25, -0.2) is 0 Å². The van der Waals surface area contributed by atoms with Gasteiger partial charge in [-0.3, -0.25) is 4.57 Å². The van der Waals surface area contributed by atoms with Crippen molar-refractivity contribution >= 4 is 41.1 Å². The highest BCUT2D eigenvalue weighted by Gasteiger charge is 2.07. The average Bonchev–Trinajstić information content (AvgIpc) is 2.64. The van der Waals surface area contributed by atoms with Crippen LogP contribution in [0.15, 0.2) is 34.9 Å². The maximum atomic E-state index is 5.55. The SMILES string of the molecule is Cn1c(=S)oc2cc3ccccn3c2c1=S. The Hall–Kier alpha value is -1.46. The summed E-state index contributed by atoms with van der Waals surface area (Å²) in [7, 11) is 1.82. The van der Waals surface area contributed by atoms with Gasteiger partial charge in [0.25, 0.3) is 4.84 Å². The minimum Gasteiger partial charge on any atom is -0.429 e. The highest BCUT2D eigenvalue weighted by atomic mass is 32.1. The summed E-state index contributed by atoms with van der Waals surface area (Å²) in [5, 5.41) is 0. The van der Waals surface area contributed by atoms with Crippen LogP contribution in [0.2, 0.25) is 0 Å². The highest BCUT2D eigenvalue weighted by Crippen LogP contribution is 2.21. The molecule has 3 heterocycles. The van der Waals surface area contributed by atoms with Gasteiger partial charge in [0.15, 0.2) is 5.58 Å². The van der Waals surface area contributed by atoms with Crippen molar-refractivity contribution in [3.8, 4) is 0 Å². The van der Waals surface area contributed by atoms with Crippen LogP contribution in [0.25, 0.3) is 16.6 Å².